The zero-order chi connectivity index (χ0) is 12.4. The van der Waals surface area contributed by atoms with Crippen LogP contribution < -0.4 is 11.3 Å². The quantitative estimate of drug-likeness (QED) is 0.500. The molecule has 0 amide bonds. The molecule has 0 bridgehead atoms. The molecular formula is C11H12ClIN4. The lowest BCUT2D eigenvalue weighted by molar-refractivity contribution is 0.601. The summed E-state index contributed by atoms with van der Waals surface area (Å²) in [5.74, 6) is 5.62. The zero-order valence-corrected chi connectivity index (χ0v) is 12.1. The predicted octanol–water partition coefficient (Wildman–Crippen LogP) is 2.23. The summed E-state index contributed by atoms with van der Waals surface area (Å²) in [5.41, 5.74) is 4.67. The molecule has 2 aromatic rings. The molecule has 0 spiro atoms. The number of benzene rings is 1. The van der Waals surface area contributed by atoms with Crippen LogP contribution in [0.4, 0.5) is 0 Å². The molecule has 3 N–H and O–H groups in total. The van der Waals surface area contributed by atoms with Gasteiger partial charge in [-0.25, -0.2) is 5.43 Å². The average Bonchev–Trinajstić information content (AvgIpc) is 2.71. The largest absolute Gasteiger partial charge is 0.275 e. The Labute approximate surface area is 118 Å². The van der Waals surface area contributed by atoms with E-state index in [0.29, 0.717) is 5.02 Å². The number of aromatic nitrogens is 2. The van der Waals surface area contributed by atoms with E-state index in [9.17, 15) is 0 Å². The Kier molecular flexibility index (Phi) is 4.03. The van der Waals surface area contributed by atoms with Gasteiger partial charge in [0.15, 0.2) is 0 Å². The van der Waals surface area contributed by atoms with Crippen LogP contribution in [-0.2, 0) is 7.05 Å². The Morgan fingerprint density at radius 3 is 2.82 bits per heavy atom. The number of rotatable bonds is 3. The topological polar surface area (TPSA) is 55.9 Å². The van der Waals surface area contributed by atoms with Crippen LogP contribution in [0.2, 0.25) is 5.02 Å². The smallest absolute Gasteiger partial charge is 0.0910 e. The number of nitrogens with zero attached hydrogens (tertiary/aromatic N) is 2. The molecule has 1 aromatic carbocycles. The minimum atomic E-state index is -0.151. The molecule has 4 nitrogen and oxygen atoms in total. The molecule has 0 radical (unpaired) electrons. The lowest BCUT2D eigenvalue weighted by Crippen LogP contribution is -2.29. The highest BCUT2D eigenvalue weighted by Crippen LogP contribution is 2.27. The van der Waals surface area contributed by atoms with Gasteiger partial charge in [0, 0.05) is 21.8 Å². The summed E-state index contributed by atoms with van der Waals surface area (Å²) in [6, 6.07) is 7.51. The fraction of sp³-hybridized carbons (Fsp3) is 0.182. The maximum atomic E-state index is 6.01. The van der Waals surface area contributed by atoms with Gasteiger partial charge in [-0.3, -0.25) is 10.5 Å². The second kappa shape index (κ2) is 5.34. The molecule has 1 heterocycles. The van der Waals surface area contributed by atoms with E-state index < -0.39 is 0 Å². The molecule has 0 aliphatic carbocycles. The molecule has 0 saturated heterocycles. The summed E-state index contributed by atoms with van der Waals surface area (Å²) in [5, 5.41) is 5.05. The van der Waals surface area contributed by atoms with Crippen LogP contribution in [0, 0.1) is 3.57 Å². The van der Waals surface area contributed by atoms with E-state index in [1.54, 1.807) is 4.68 Å². The molecule has 0 aliphatic rings. The Hall–Kier alpha value is -0.630. The molecule has 1 atom stereocenters. The SMILES string of the molecule is Cn1ccc(C(NN)c2cc(Cl)ccc2I)n1. The van der Waals surface area contributed by atoms with Crippen LogP contribution in [0.1, 0.15) is 17.3 Å². The molecule has 0 aliphatic heterocycles. The van der Waals surface area contributed by atoms with Crippen molar-refractivity contribution in [1.82, 2.24) is 15.2 Å². The van der Waals surface area contributed by atoms with Crippen molar-refractivity contribution in [2.45, 2.75) is 6.04 Å². The average molecular weight is 363 g/mol. The second-order valence-electron chi connectivity index (χ2n) is 3.68. The number of hydrogen-bond acceptors (Lipinski definition) is 3. The monoisotopic (exact) mass is 362 g/mol. The minimum absolute atomic E-state index is 0.151. The van der Waals surface area contributed by atoms with Crippen molar-refractivity contribution in [3.8, 4) is 0 Å². The van der Waals surface area contributed by atoms with Crippen LogP contribution in [0.5, 0.6) is 0 Å². The Balaban J connectivity index is 2.45. The molecule has 1 aromatic heterocycles. The van der Waals surface area contributed by atoms with E-state index in [-0.39, 0.29) is 6.04 Å². The highest BCUT2D eigenvalue weighted by Gasteiger charge is 2.17. The van der Waals surface area contributed by atoms with Crippen molar-refractivity contribution in [3.63, 3.8) is 0 Å². The molecule has 6 heteroatoms. The minimum Gasteiger partial charge on any atom is -0.275 e. The van der Waals surface area contributed by atoms with Crippen molar-refractivity contribution < 1.29 is 0 Å². The van der Waals surface area contributed by atoms with Crippen LogP contribution in [-0.4, -0.2) is 9.78 Å². The van der Waals surface area contributed by atoms with Crippen LogP contribution >= 0.6 is 34.2 Å². The molecule has 2 rings (SSSR count). The normalized spacial score (nSPS) is 12.7. The van der Waals surface area contributed by atoms with E-state index in [1.807, 2.05) is 37.5 Å². The van der Waals surface area contributed by atoms with E-state index in [2.05, 4.69) is 33.1 Å². The Morgan fingerprint density at radius 1 is 1.47 bits per heavy atom. The third kappa shape index (κ3) is 2.79. The first-order chi connectivity index (χ1) is 8.11. The van der Waals surface area contributed by atoms with Crippen LogP contribution in [0.3, 0.4) is 0 Å². The lowest BCUT2D eigenvalue weighted by atomic mass is 10.0. The van der Waals surface area contributed by atoms with Crippen LogP contribution in [0.15, 0.2) is 30.5 Å². The highest BCUT2D eigenvalue weighted by atomic mass is 127. The summed E-state index contributed by atoms with van der Waals surface area (Å²) >= 11 is 8.27. The summed E-state index contributed by atoms with van der Waals surface area (Å²) in [7, 11) is 1.88. The number of hydrogen-bond donors (Lipinski definition) is 2. The van der Waals surface area contributed by atoms with Gasteiger partial charge in [-0.2, -0.15) is 5.10 Å². The van der Waals surface area contributed by atoms with Gasteiger partial charge in [0.25, 0.3) is 0 Å². The van der Waals surface area contributed by atoms with Gasteiger partial charge in [0.05, 0.1) is 11.7 Å². The molecule has 90 valence electrons. The maximum Gasteiger partial charge on any atom is 0.0910 e. The Morgan fingerprint density at radius 2 is 2.24 bits per heavy atom. The summed E-state index contributed by atoms with van der Waals surface area (Å²) in [4.78, 5) is 0. The van der Waals surface area contributed by atoms with E-state index >= 15 is 0 Å². The van der Waals surface area contributed by atoms with Gasteiger partial charge in [-0.15, -0.1) is 0 Å². The number of nitrogens with one attached hydrogen (secondary N) is 1. The van der Waals surface area contributed by atoms with E-state index in [4.69, 9.17) is 17.4 Å². The van der Waals surface area contributed by atoms with E-state index in [1.165, 1.54) is 0 Å². The summed E-state index contributed by atoms with van der Waals surface area (Å²) in [6.07, 6.45) is 1.89. The first-order valence-electron chi connectivity index (χ1n) is 5.02. The first-order valence-corrected chi connectivity index (χ1v) is 6.48. The molecule has 0 fully saturated rings. The van der Waals surface area contributed by atoms with Gasteiger partial charge in [0.2, 0.25) is 0 Å². The van der Waals surface area contributed by atoms with Gasteiger partial charge >= 0.3 is 0 Å². The van der Waals surface area contributed by atoms with Crippen molar-refractivity contribution in [3.05, 3.63) is 50.3 Å². The number of nitrogens with two attached hydrogens (primary N) is 1. The van der Waals surface area contributed by atoms with E-state index in [0.717, 1.165) is 14.8 Å². The standard InChI is InChI=1S/C11H12ClIN4/c1-17-5-4-10(16-17)11(15-14)8-6-7(12)2-3-9(8)13/h2-6,11,15H,14H2,1H3. The first kappa shape index (κ1) is 12.8. The van der Waals surface area contributed by atoms with Gasteiger partial charge in [-0.1, -0.05) is 11.6 Å². The zero-order valence-electron chi connectivity index (χ0n) is 9.19. The van der Waals surface area contributed by atoms with Crippen molar-refractivity contribution >= 4 is 34.2 Å². The molecule has 17 heavy (non-hydrogen) atoms. The third-order valence-electron chi connectivity index (χ3n) is 2.47. The summed E-state index contributed by atoms with van der Waals surface area (Å²) in [6.45, 7) is 0. The fourth-order valence-corrected chi connectivity index (χ4v) is 2.48. The third-order valence-corrected chi connectivity index (χ3v) is 3.68. The maximum absolute atomic E-state index is 6.01. The van der Waals surface area contributed by atoms with Crippen molar-refractivity contribution in [1.29, 1.82) is 0 Å². The summed E-state index contributed by atoms with van der Waals surface area (Å²) < 4.78 is 2.84. The van der Waals surface area contributed by atoms with Crippen molar-refractivity contribution in [2.75, 3.05) is 0 Å². The second-order valence-corrected chi connectivity index (χ2v) is 5.28. The number of hydrazine groups is 1. The van der Waals surface area contributed by atoms with Gasteiger partial charge in [0.1, 0.15) is 0 Å². The predicted molar refractivity (Wildman–Crippen MR) is 76.5 cm³/mol. The van der Waals surface area contributed by atoms with Gasteiger partial charge < -0.3 is 0 Å². The molecule has 1 unspecified atom stereocenters. The molecular weight excluding hydrogens is 351 g/mol. The lowest BCUT2D eigenvalue weighted by Gasteiger charge is -2.16. The number of aryl methyl sites for hydroxylation is 1. The highest BCUT2D eigenvalue weighted by molar-refractivity contribution is 14.1. The molecule has 0 saturated carbocycles. The number of halogens is 2. The van der Waals surface area contributed by atoms with Crippen molar-refractivity contribution in [2.24, 2.45) is 12.9 Å². The Bertz CT molecular complexity index is 526. The van der Waals surface area contributed by atoms with Crippen LogP contribution in [0.25, 0.3) is 0 Å². The van der Waals surface area contributed by atoms with Gasteiger partial charge in [-0.05, 0) is 52.4 Å². The fourth-order valence-electron chi connectivity index (χ4n) is 1.66.